The van der Waals surface area contributed by atoms with Gasteiger partial charge < -0.3 is 0 Å². The molecule has 0 N–H and O–H groups in total. The molecule has 0 aliphatic heterocycles. The minimum absolute atomic E-state index is 0.218. The summed E-state index contributed by atoms with van der Waals surface area (Å²) in [5.74, 6) is -0.523. The van der Waals surface area contributed by atoms with Crippen molar-refractivity contribution in [1.82, 2.24) is 0 Å². The Morgan fingerprint density at radius 1 is 1.00 bits per heavy atom. The van der Waals surface area contributed by atoms with Gasteiger partial charge in [-0.05, 0) is 12.2 Å². The highest BCUT2D eigenvalue weighted by atomic mass is 16.1. The summed E-state index contributed by atoms with van der Waals surface area (Å²) in [5.41, 5.74) is 0.794. The van der Waals surface area contributed by atoms with E-state index in [4.69, 9.17) is 0 Å². The first-order chi connectivity index (χ1) is 6.74. The molecule has 0 atom stereocenters. The molecule has 14 heavy (non-hydrogen) atoms. The second-order valence-corrected chi connectivity index (χ2v) is 2.95. The first-order valence-corrected chi connectivity index (χ1v) is 4.09. The Morgan fingerprint density at radius 3 is 2.43 bits per heavy atom. The van der Waals surface area contributed by atoms with Gasteiger partial charge in [-0.3, -0.25) is 14.4 Å². The van der Waals surface area contributed by atoms with Crippen LogP contribution in [0.3, 0.4) is 0 Å². The Labute approximate surface area is 80.0 Å². The molecule has 0 saturated heterocycles. The van der Waals surface area contributed by atoms with E-state index >= 15 is 0 Å². The summed E-state index contributed by atoms with van der Waals surface area (Å²) in [6, 6.07) is 4.66. The van der Waals surface area contributed by atoms with Crippen molar-refractivity contribution in [2.75, 3.05) is 0 Å². The molecule has 0 aromatic heterocycles. The van der Waals surface area contributed by atoms with Crippen molar-refractivity contribution >= 4 is 17.9 Å². The lowest BCUT2D eigenvalue weighted by Gasteiger charge is -2.09. The lowest BCUT2D eigenvalue weighted by molar-refractivity contribution is 0.0991. The van der Waals surface area contributed by atoms with Crippen molar-refractivity contribution in [3.63, 3.8) is 0 Å². The fourth-order valence-electron chi connectivity index (χ4n) is 1.47. The number of allylic oxidation sites excluding steroid dienone is 2. The second-order valence-electron chi connectivity index (χ2n) is 2.95. The largest absolute Gasteiger partial charge is 0.298 e. The third-order valence-electron chi connectivity index (χ3n) is 2.12. The molecule has 0 spiro atoms. The first-order valence-electron chi connectivity index (χ1n) is 4.09. The molecule has 0 unspecified atom stereocenters. The SMILES string of the molecule is O=Cc1cccc2c1C(=O)C=CC2=O. The summed E-state index contributed by atoms with van der Waals surface area (Å²) in [6.07, 6.45) is 3.00. The Balaban J connectivity index is 2.77. The van der Waals surface area contributed by atoms with Gasteiger partial charge >= 0.3 is 0 Å². The lowest BCUT2D eigenvalue weighted by atomic mass is 9.91. The minimum atomic E-state index is -0.290. The molecule has 1 aromatic rings. The first kappa shape index (κ1) is 8.56. The van der Waals surface area contributed by atoms with E-state index in [-0.39, 0.29) is 22.7 Å². The van der Waals surface area contributed by atoms with Crippen molar-refractivity contribution < 1.29 is 14.4 Å². The van der Waals surface area contributed by atoms with Gasteiger partial charge in [0.15, 0.2) is 17.9 Å². The van der Waals surface area contributed by atoms with Crippen LogP contribution in [0.1, 0.15) is 31.1 Å². The molecule has 1 aromatic carbocycles. The van der Waals surface area contributed by atoms with Gasteiger partial charge in [-0.15, -0.1) is 0 Å². The molecular formula is C11H6O3. The van der Waals surface area contributed by atoms with Gasteiger partial charge in [0.1, 0.15) is 0 Å². The fourth-order valence-corrected chi connectivity index (χ4v) is 1.47. The molecular weight excluding hydrogens is 180 g/mol. The molecule has 0 amide bonds. The number of hydrogen-bond acceptors (Lipinski definition) is 3. The molecule has 3 heteroatoms. The normalized spacial score (nSPS) is 14.0. The van der Waals surface area contributed by atoms with Crippen LogP contribution in [-0.4, -0.2) is 17.9 Å². The average molecular weight is 186 g/mol. The third kappa shape index (κ3) is 1.10. The smallest absolute Gasteiger partial charge is 0.187 e. The van der Waals surface area contributed by atoms with Crippen LogP contribution in [0.4, 0.5) is 0 Å². The molecule has 68 valence electrons. The van der Waals surface area contributed by atoms with Crippen LogP contribution in [0.2, 0.25) is 0 Å². The Hall–Kier alpha value is -2.03. The second kappa shape index (κ2) is 3.03. The maximum atomic E-state index is 11.4. The summed E-state index contributed by atoms with van der Waals surface area (Å²) in [6.45, 7) is 0. The molecule has 3 nitrogen and oxygen atoms in total. The van der Waals surface area contributed by atoms with Crippen molar-refractivity contribution in [1.29, 1.82) is 0 Å². The van der Waals surface area contributed by atoms with E-state index in [0.29, 0.717) is 11.8 Å². The maximum absolute atomic E-state index is 11.4. The van der Waals surface area contributed by atoms with Gasteiger partial charge in [0.25, 0.3) is 0 Å². The molecule has 1 aliphatic carbocycles. The average Bonchev–Trinajstić information content (AvgIpc) is 2.23. The zero-order valence-corrected chi connectivity index (χ0v) is 7.19. The summed E-state index contributed by atoms with van der Waals surface area (Å²) >= 11 is 0. The maximum Gasteiger partial charge on any atom is 0.187 e. The molecule has 0 heterocycles. The molecule has 0 radical (unpaired) electrons. The number of rotatable bonds is 1. The van der Waals surface area contributed by atoms with Crippen LogP contribution in [0, 0.1) is 0 Å². The van der Waals surface area contributed by atoms with E-state index in [1.165, 1.54) is 18.2 Å². The van der Waals surface area contributed by atoms with E-state index in [1.807, 2.05) is 0 Å². The standard InChI is InChI=1S/C11H6O3/c12-6-7-2-1-3-8-9(13)4-5-10(14)11(7)8/h1-6H. The summed E-state index contributed by atoms with van der Waals surface area (Å²) in [7, 11) is 0. The quantitative estimate of drug-likeness (QED) is 0.623. The Bertz CT molecular complexity index is 469. The van der Waals surface area contributed by atoms with Crippen molar-refractivity contribution in [3.8, 4) is 0 Å². The van der Waals surface area contributed by atoms with Gasteiger partial charge in [-0.2, -0.15) is 0 Å². The molecule has 0 fully saturated rings. The summed E-state index contributed by atoms with van der Waals surface area (Å²) in [4.78, 5) is 33.4. The van der Waals surface area contributed by atoms with Crippen molar-refractivity contribution in [2.24, 2.45) is 0 Å². The van der Waals surface area contributed by atoms with Gasteiger partial charge in [0.2, 0.25) is 0 Å². The zero-order valence-electron chi connectivity index (χ0n) is 7.19. The third-order valence-corrected chi connectivity index (χ3v) is 2.12. The van der Waals surface area contributed by atoms with Gasteiger partial charge in [-0.1, -0.05) is 18.2 Å². The van der Waals surface area contributed by atoms with Crippen LogP contribution in [0.25, 0.3) is 0 Å². The van der Waals surface area contributed by atoms with E-state index in [9.17, 15) is 14.4 Å². The topological polar surface area (TPSA) is 51.2 Å². The monoisotopic (exact) mass is 186 g/mol. The number of aldehydes is 1. The van der Waals surface area contributed by atoms with Crippen LogP contribution >= 0.6 is 0 Å². The van der Waals surface area contributed by atoms with E-state index in [1.54, 1.807) is 12.1 Å². The Kier molecular flexibility index (Phi) is 1.85. The van der Waals surface area contributed by atoms with Crippen molar-refractivity contribution in [3.05, 3.63) is 47.0 Å². The fraction of sp³-hybridized carbons (Fsp3) is 0. The highest BCUT2D eigenvalue weighted by Gasteiger charge is 2.21. The highest BCUT2D eigenvalue weighted by Crippen LogP contribution is 2.19. The van der Waals surface area contributed by atoms with E-state index < -0.39 is 0 Å². The van der Waals surface area contributed by atoms with Crippen LogP contribution < -0.4 is 0 Å². The zero-order chi connectivity index (χ0) is 10.1. The number of ketones is 2. The highest BCUT2D eigenvalue weighted by molar-refractivity contribution is 6.24. The number of hydrogen-bond donors (Lipinski definition) is 0. The predicted octanol–water partition coefficient (Wildman–Crippen LogP) is 1.43. The number of benzene rings is 1. The number of carbonyl (C=O) groups is 3. The van der Waals surface area contributed by atoms with Crippen molar-refractivity contribution in [2.45, 2.75) is 0 Å². The van der Waals surface area contributed by atoms with Gasteiger partial charge in [0, 0.05) is 16.7 Å². The van der Waals surface area contributed by atoms with Crippen LogP contribution in [-0.2, 0) is 0 Å². The van der Waals surface area contributed by atoms with Gasteiger partial charge in [0.05, 0.1) is 0 Å². The number of fused-ring (bicyclic) bond motifs is 1. The number of carbonyl (C=O) groups excluding carboxylic acids is 3. The molecule has 0 bridgehead atoms. The summed E-state index contributed by atoms with van der Waals surface area (Å²) in [5, 5.41) is 0. The van der Waals surface area contributed by atoms with E-state index in [0.717, 1.165) is 0 Å². The minimum Gasteiger partial charge on any atom is -0.298 e. The van der Waals surface area contributed by atoms with Crippen LogP contribution in [0.15, 0.2) is 30.4 Å². The summed E-state index contributed by atoms with van der Waals surface area (Å²) < 4.78 is 0. The lowest BCUT2D eigenvalue weighted by Crippen LogP contribution is -2.13. The van der Waals surface area contributed by atoms with E-state index in [2.05, 4.69) is 0 Å². The predicted molar refractivity (Wildman–Crippen MR) is 49.6 cm³/mol. The Morgan fingerprint density at radius 2 is 1.71 bits per heavy atom. The van der Waals surface area contributed by atoms with Gasteiger partial charge in [-0.25, -0.2) is 0 Å². The van der Waals surface area contributed by atoms with Crippen LogP contribution in [0.5, 0.6) is 0 Å². The molecule has 0 saturated carbocycles. The molecule has 1 aliphatic rings. The molecule has 2 rings (SSSR count).